The molecule has 20 heavy (non-hydrogen) atoms. The molecule has 0 radical (unpaired) electrons. The maximum atomic E-state index is 12.9. The van der Waals surface area contributed by atoms with Gasteiger partial charge in [-0.1, -0.05) is 12.1 Å². The summed E-state index contributed by atoms with van der Waals surface area (Å²) in [5.41, 5.74) is 0.971. The van der Waals surface area contributed by atoms with E-state index in [0.29, 0.717) is 19.2 Å². The first-order chi connectivity index (χ1) is 9.72. The van der Waals surface area contributed by atoms with Crippen molar-refractivity contribution in [3.8, 4) is 0 Å². The van der Waals surface area contributed by atoms with Gasteiger partial charge in [-0.3, -0.25) is 0 Å². The highest BCUT2D eigenvalue weighted by Crippen LogP contribution is 2.34. The van der Waals surface area contributed by atoms with Crippen molar-refractivity contribution in [3.63, 3.8) is 0 Å². The van der Waals surface area contributed by atoms with Crippen LogP contribution in [0, 0.1) is 11.7 Å². The fourth-order valence-electron chi connectivity index (χ4n) is 2.55. The third kappa shape index (κ3) is 3.28. The van der Waals surface area contributed by atoms with Crippen LogP contribution in [-0.2, 0) is 4.74 Å². The van der Waals surface area contributed by atoms with Gasteiger partial charge in [-0.25, -0.2) is 9.18 Å². The Bertz CT molecular complexity index is 473. The average Bonchev–Trinajstić information content (AvgIpc) is 3.13. The van der Waals surface area contributed by atoms with E-state index in [-0.39, 0.29) is 23.9 Å². The molecule has 1 saturated heterocycles. The summed E-state index contributed by atoms with van der Waals surface area (Å²) in [5.74, 6) is -0.00403. The smallest absolute Gasteiger partial charge is 0.315 e. The van der Waals surface area contributed by atoms with Crippen LogP contribution in [0.1, 0.15) is 30.9 Å². The molecule has 1 heterocycles. The number of amides is 2. The number of carbonyl (C=O) groups is 1. The van der Waals surface area contributed by atoms with E-state index in [2.05, 4.69) is 10.6 Å². The van der Waals surface area contributed by atoms with E-state index in [1.807, 2.05) is 0 Å². The summed E-state index contributed by atoms with van der Waals surface area (Å²) in [5, 5.41) is 5.80. The van der Waals surface area contributed by atoms with Crippen molar-refractivity contribution in [3.05, 3.63) is 35.6 Å². The van der Waals surface area contributed by atoms with E-state index in [4.69, 9.17) is 4.74 Å². The first-order valence-corrected chi connectivity index (χ1v) is 7.14. The van der Waals surface area contributed by atoms with Crippen LogP contribution in [-0.4, -0.2) is 25.2 Å². The molecule has 0 spiro atoms. The molecule has 2 fully saturated rings. The summed E-state index contributed by atoms with van der Waals surface area (Å²) in [6, 6.07) is 6.66. The second kappa shape index (κ2) is 5.79. The van der Waals surface area contributed by atoms with Crippen molar-refractivity contribution in [2.45, 2.75) is 31.4 Å². The summed E-state index contributed by atoms with van der Waals surface area (Å²) in [6.07, 6.45) is 3.01. The van der Waals surface area contributed by atoms with Crippen LogP contribution in [0.4, 0.5) is 9.18 Å². The van der Waals surface area contributed by atoms with Crippen molar-refractivity contribution >= 4 is 6.03 Å². The highest BCUT2D eigenvalue weighted by Gasteiger charge is 2.30. The average molecular weight is 278 g/mol. The van der Waals surface area contributed by atoms with Gasteiger partial charge in [-0.2, -0.15) is 0 Å². The zero-order valence-electron chi connectivity index (χ0n) is 11.3. The molecule has 3 rings (SSSR count). The Hall–Kier alpha value is -1.62. The second-order valence-electron chi connectivity index (χ2n) is 5.52. The van der Waals surface area contributed by atoms with Gasteiger partial charge < -0.3 is 15.4 Å². The van der Waals surface area contributed by atoms with E-state index < -0.39 is 0 Å². The molecule has 5 heteroatoms. The van der Waals surface area contributed by atoms with Crippen molar-refractivity contribution in [1.82, 2.24) is 10.6 Å². The lowest BCUT2D eigenvalue weighted by molar-refractivity contribution is 0.0909. The SMILES string of the molecule is O=C(NC[C@@H]1CCO[C@H]1c1ccc(F)cc1)NC1CC1. The fourth-order valence-corrected chi connectivity index (χ4v) is 2.55. The monoisotopic (exact) mass is 278 g/mol. The molecule has 1 saturated carbocycles. The Morgan fingerprint density at radius 1 is 1.25 bits per heavy atom. The number of nitrogens with one attached hydrogen (secondary N) is 2. The lowest BCUT2D eigenvalue weighted by Crippen LogP contribution is -2.39. The van der Waals surface area contributed by atoms with E-state index in [0.717, 1.165) is 24.8 Å². The maximum absolute atomic E-state index is 12.9. The molecule has 1 aliphatic carbocycles. The normalized spacial score (nSPS) is 25.4. The minimum absolute atomic E-state index is 0.0585. The molecule has 0 aromatic heterocycles. The Labute approximate surface area is 117 Å². The first-order valence-electron chi connectivity index (χ1n) is 7.14. The number of halogens is 1. The minimum atomic E-state index is -0.245. The van der Waals surface area contributed by atoms with Crippen molar-refractivity contribution in [2.24, 2.45) is 5.92 Å². The molecule has 4 nitrogen and oxygen atoms in total. The van der Waals surface area contributed by atoms with E-state index in [1.54, 1.807) is 12.1 Å². The Kier molecular flexibility index (Phi) is 3.87. The Balaban J connectivity index is 1.54. The van der Waals surface area contributed by atoms with Gasteiger partial charge >= 0.3 is 6.03 Å². The molecular formula is C15H19FN2O2. The second-order valence-corrected chi connectivity index (χ2v) is 5.52. The van der Waals surface area contributed by atoms with Gasteiger partial charge in [0.05, 0.1) is 6.10 Å². The molecule has 108 valence electrons. The lowest BCUT2D eigenvalue weighted by atomic mass is 9.95. The standard InChI is InChI=1S/C15H19FN2O2/c16-12-3-1-10(2-4-12)14-11(7-8-20-14)9-17-15(19)18-13-5-6-13/h1-4,11,13-14H,5-9H2,(H2,17,18,19)/t11-,14-/m0/s1. The van der Waals surface area contributed by atoms with Gasteiger partial charge in [0.15, 0.2) is 0 Å². The minimum Gasteiger partial charge on any atom is -0.373 e. The quantitative estimate of drug-likeness (QED) is 0.888. The first kappa shape index (κ1) is 13.4. The van der Waals surface area contributed by atoms with Gasteiger partial charge in [0.2, 0.25) is 0 Å². The topological polar surface area (TPSA) is 50.4 Å². The van der Waals surface area contributed by atoms with Gasteiger partial charge in [0.1, 0.15) is 5.82 Å². The number of hydrogen-bond donors (Lipinski definition) is 2. The Morgan fingerprint density at radius 3 is 2.70 bits per heavy atom. The third-order valence-electron chi connectivity index (χ3n) is 3.85. The van der Waals surface area contributed by atoms with Gasteiger partial charge in [0.25, 0.3) is 0 Å². The molecule has 2 aliphatic rings. The van der Waals surface area contributed by atoms with Crippen molar-refractivity contribution in [2.75, 3.05) is 13.2 Å². The van der Waals surface area contributed by atoms with Crippen LogP contribution >= 0.6 is 0 Å². The summed E-state index contributed by atoms with van der Waals surface area (Å²) >= 11 is 0. The van der Waals surface area contributed by atoms with E-state index in [1.165, 1.54) is 12.1 Å². The number of carbonyl (C=O) groups excluding carboxylic acids is 1. The van der Waals surface area contributed by atoms with Crippen LogP contribution in [0.5, 0.6) is 0 Å². The van der Waals surface area contributed by atoms with Crippen molar-refractivity contribution in [1.29, 1.82) is 0 Å². The predicted molar refractivity (Wildman–Crippen MR) is 72.8 cm³/mol. The number of hydrogen-bond acceptors (Lipinski definition) is 2. The van der Waals surface area contributed by atoms with Crippen LogP contribution in [0.25, 0.3) is 0 Å². The molecule has 2 N–H and O–H groups in total. The number of rotatable bonds is 4. The number of urea groups is 1. The van der Waals surface area contributed by atoms with E-state index >= 15 is 0 Å². The van der Waals surface area contributed by atoms with Gasteiger partial charge in [0, 0.05) is 25.1 Å². The summed E-state index contributed by atoms with van der Waals surface area (Å²) in [7, 11) is 0. The summed E-state index contributed by atoms with van der Waals surface area (Å²) < 4.78 is 18.7. The summed E-state index contributed by atoms with van der Waals surface area (Å²) in [6.45, 7) is 1.26. The number of ether oxygens (including phenoxy) is 1. The highest BCUT2D eigenvalue weighted by molar-refractivity contribution is 5.74. The maximum Gasteiger partial charge on any atom is 0.315 e. The van der Waals surface area contributed by atoms with Gasteiger partial charge in [-0.05, 0) is 37.0 Å². The molecule has 1 aromatic rings. The zero-order valence-corrected chi connectivity index (χ0v) is 11.3. The van der Waals surface area contributed by atoms with Crippen LogP contribution < -0.4 is 10.6 Å². The van der Waals surface area contributed by atoms with Crippen LogP contribution in [0.2, 0.25) is 0 Å². The molecule has 1 aromatic carbocycles. The van der Waals surface area contributed by atoms with Crippen LogP contribution in [0.15, 0.2) is 24.3 Å². The Morgan fingerprint density at radius 2 is 2.00 bits per heavy atom. The lowest BCUT2D eigenvalue weighted by Gasteiger charge is -2.19. The largest absolute Gasteiger partial charge is 0.373 e. The van der Waals surface area contributed by atoms with Gasteiger partial charge in [-0.15, -0.1) is 0 Å². The molecule has 2 amide bonds. The highest BCUT2D eigenvalue weighted by atomic mass is 19.1. The number of benzene rings is 1. The molecule has 1 aliphatic heterocycles. The summed E-state index contributed by atoms with van der Waals surface area (Å²) in [4.78, 5) is 11.6. The zero-order chi connectivity index (χ0) is 13.9. The van der Waals surface area contributed by atoms with E-state index in [9.17, 15) is 9.18 Å². The molecule has 2 atom stereocenters. The molecule has 0 bridgehead atoms. The van der Waals surface area contributed by atoms with Crippen LogP contribution in [0.3, 0.4) is 0 Å². The van der Waals surface area contributed by atoms with Crippen molar-refractivity contribution < 1.29 is 13.9 Å². The third-order valence-corrected chi connectivity index (χ3v) is 3.85. The fraction of sp³-hybridized carbons (Fsp3) is 0.533. The predicted octanol–water partition coefficient (Wildman–Crippen LogP) is 2.36. The molecule has 0 unspecified atom stereocenters. The molecular weight excluding hydrogens is 259 g/mol.